The molecule has 0 saturated heterocycles. The van der Waals surface area contributed by atoms with E-state index in [1.165, 1.54) is 0 Å². The van der Waals surface area contributed by atoms with Crippen molar-refractivity contribution in [2.24, 2.45) is 11.5 Å². The van der Waals surface area contributed by atoms with E-state index < -0.39 is 0 Å². The molecule has 1 aliphatic carbocycles. The van der Waals surface area contributed by atoms with Crippen LogP contribution in [0, 0.1) is 0 Å². The molecule has 0 heterocycles. The van der Waals surface area contributed by atoms with E-state index in [0.29, 0.717) is 17.6 Å². The highest BCUT2D eigenvalue weighted by molar-refractivity contribution is 5.92. The maximum Gasteiger partial charge on any atom is 0.248 e. The fourth-order valence-electron chi connectivity index (χ4n) is 1.93. The van der Waals surface area contributed by atoms with E-state index in [9.17, 15) is 4.79 Å². The Balaban J connectivity index is 1.89. The molecule has 4 heteroatoms. The van der Waals surface area contributed by atoms with E-state index in [0.717, 1.165) is 24.9 Å². The van der Waals surface area contributed by atoms with Crippen molar-refractivity contribution >= 4 is 5.91 Å². The zero-order chi connectivity index (χ0) is 11.5. The summed E-state index contributed by atoms with van der Waals surface area (Å²) >= 11 is 0. The molecule has 0 radical (unpaired) electrons. The van der Waals surface area contributed by atoms with Crippen molar-refractivity contribution in [1.29, 1.82) is 0 Å². The number of amides is 1. The first-order valence-electron chi connectivity index (χ1n) is 5.53. The average molecular weight is 219 g/mol. The van der Waals surface area contributed by atoms with Crippen molar-refractivity contribution < 1.29 is 4.79 Å². The third-order valence-corrected chi connectivity index (χ3v) is 2.98. The van der Waals surface area contributed by atoms with Gasteiger partial charge >= 0.3 is 0 Å². The van der Waals surface area contributed by atoms with Crippen molar-refractivity contribution in [3.8, 4) is 0 Å². The number of rotatable bonds is 4. The van der Waals surface area contributed by atoms with Gasteiger partial charge in [-0.25, -0.2) is 0 Å². The molecule has 0 unspecified atom stereocenters. The third-order valence-electron chi connectivity index (χ3n) is 2.98. The summed E-state index contributed by atoms with van der Waals surface area (Å²) in [7, 11) is 0. The maximum atomic E-state index is 11.0. The summed E-state index contributed by atoms with van der Waals surface area (Å²) in [6.45, 7) is 0.762. The van der Waals surface area contributed by atoms with Crippen LogP contribution >= 0.6 is 0 Å². The van der Waals surface area contributed by atoms with Gasteiger partial charge < -0.3 is 16.8 Å². The van der Waals surface area contributed by atoms with Gasteiger partial charge in [0.05, 0.1) is 0 Å². The molecule has 0 atom stereocenters. The lowest BCUT2D eigenvalue weighted by molar-refractivity contribution is 0.1000. The van der Waals surface area contributed by atoms with Gasteiger partial charge in [0.1, 0.15) is 0 Å². The van der Waals surface area contributed by atoms with Crippen LogP contribution in [-0.4, -0.2) is 18.0 Å². The monoisotopic (exact) mass is 219 g/mol. The second-order valence-corrected chi connectivity index (χ2v) is 4.37. The Morgan fingerprint density at radius 2 is 2.19 bits per heavy atom. The van der Waals surface area contributed by atoms with E-state index in [1.807, 2.05) is 18.2 Å². The van der Waals surface area contributed by atoms with Gasteiger partial charge in [-0.2, -0.15) is 0 Å². The minimum absolute atomic E-state index is 0.356. The molecule has 1 aromatic carbocycles. The molecule has 1 fully saturated rings. The van der Waals surface area contributed by atoms with E-state index in [1.54, 1.807) is 6.07 Å². The van der Waals surface area contributed by atoms with Crippen molar-refractivity contribution in [2.75, 3.05) is 0 Å². The van der Waals surface area contributed by atoms with Crippen molar-refractivity contribution in [3.05, 3.63) is 35.4 Å². The lowest BCUT2D eigenvalue weighted by Gasteiger charge is -2.33. The van der Waals surface area contributed by atoms with Gasteiger partial charge in [-0.05, 0) is 30.5 Å². The largest absolute Gasteiger partial charge is 0.366 e. The molecule has 4 nitrogen and oxygen atoms in total. The molecular formula is C12H17N3O. The molecule has 5 N–H and O–H groups in total. The first-order chi connectivity index (χ1) is 7.65. The van der Waals surface area contributed by atoms with Gasteiger partial charge in [-0.3, -0.25) is 4.79 Å². The Bertz CT molecular complexity index is 386. The molecule has 1 aromatic rings. The Kier molecular flexibility index (Phi) is 3.22. The van der Waals surface area contributed by atoms with Gasteiger partial charge in [0.15, 0.2) is 0 Å². The number of nitrogens with two attached hydrogens (primary N) is 2. The SMILES string of the molecule is NC(=O)c1cccc(CNC2CC(N)C2)c1. The van der Waals surface area contributed by atoms with Gasteiger partial charge in [0.25, 0.3) is 0 Å². The molecular weight excluding hydrogens is 202 g/mol. The maximum absolute atomic E-state index is 11.0. The van der Waals surface area contributed by atoms with E-state index in [4.69, 9.17) is 11.5 Å². The minimum Gasteiger partial charge on any atom is -0.366 e. The Labute approximate surface area is 95.0 Å². The Hall–Kier alpha value is -1.39. The van der Waals surface area contributed by atoms with E-state index in [2.05, 4.69) is 5.32 Å². The fourth-order valence-corrected chi connectivity index (χ4v) is 1.93. The first-order valence-corrected chi connectivity index (χ1v) is 5.53. The van der Waals surface area contributed by atoms with Gasteiger partial charge in [-0.1, -0.05) is 12.1 Å². The molecule has 1 amide bonds. The van der Waals surface area contributed by atoms with E-state index >= 15 is 0 Å². The highest BCUT2D eigenvalue weighted by atomic mass is 16.1. The van der Waals surface area contributed by atoms with Gasteiger partial charge in [0, 0.05) is 24.2 Å². The van der Waals surface area contributed by atoms with Crippen LogP contribution in [0.1, 0.15) is 28.8 Å². The highest BCUT2D eigenvalue weighted by Gasteiger charge is 2.24. The number of carbonyl (C=O) groups excluding carboxylic acids is 1. The molecule has 1 aliphatic rings. The molecule has 2 rings (SSSR count). The summed E-state index contributed by atoms with van der Waals surface area (Å²) in [5.74, 6) is -0.382. The number of primary amides is 1. The Morgan fingerprint density at radius 3 is 2.81 bits per heavy atom. The quantitative estimate of drug-likeness (QED) is 0.684. The standard InChI is InChI=1S/C12H17N3O/c13-10-5-11(6-10)15-7-8-2-1-3-9(4-8)12(14)16/h1-4,10-11,15H,5-7,13H2,(H2,14,16). The highest BCUT2D eigenvalue weighted by Crippen LogP contribution is 2.18. The summed E-state index contributed by atoms with van der Waals surface area (Å²) in [5.41, 5.74) is 12.6. The number of nitrogens with one attached hydrogen (secondary N) is 1. The predicted molar refractivity (Wildman–Crippen MR) is 62.8 cm³/mol. The van der Waals surface area contributed by atoms with Crippen molar-refractivity contribution in [3.63, 3.8) is 0 Å². The summed E-state index contributed by atoms with van der Waals surface area (Å²) in [4.78, 5) is 11.0. The van der Waals surface area contributed by atoms with Crippen molar-refractivity contribution in [1.82, 2.24) is 5.32 Å². The molecule has 0 spiro atoms. The second kappa shape index (κ2) is 4.63. The molecule has 0 aliphatic heterocycles. The Morgan fingerprint density at radius 1 is 1.44 bits per heavy atom. The number of hydrogen-bond donors (Lipinski definition) is 3. The smallest absolute Gasteiger partial charge is 0.248 e. The van der Waals surface area contributed by atoms with Crippen molar-refractivity contribution in [2.45, 2.75) is 31.5 Å². The fraction of sp³-hybridized carbons (Fsp3) is 0.417. The molecule has 0 aromatic heterocycles. The summed E-state index contributed by atoms with van der Waals surface area (Å²) in [6, 6.07) is 8.27. The topological polar surface area (TPSA) is 81.1 Å². The lowest BCUT2D eigenvalue weighted by atomic mass is 9.87. The lowest BCUT2D eigenvalue weighted by Crippen LogP contribution is -2.48. The zero-order valence-electron chi connectivity index (χ0n) is 9.15. The number of hydrogen-bond acceptors (Lipinski definition) is 3. The molecule has 86 valence electrons. The van der Waals surface area contributed by atoms with Gasteiger partial charge in [-0.15, -0.1) is 0 Å². The summed E-state index contributed by atoms with van der Waals surface area (Å²) in [5, 5.41) is 3.40. The van der Waals surface area contributed by atoms with Crippen LogP contribution < -0.4 is 16.8 Å². The number of carbonyl (C=O) groups is 1. The summed E-state index contributed by atoms with van der Waals surface area (Å²) < 4.78 is 0. The minimum atomic E-state index is -0.382. The van der Waals surface area contributed by atoms with E-state index in [-0.39, 0.29) is 5.91 Å². The van der Waals surface area contributed by atoms with Crippen LogP contribution in [0.2, 0.25) is 0 Å². The predicted octanol–water partition coefficient (Wildman–Crippen LogP) is 0.365. The average Bonchev–Trinajstić information content (AvgIpc) is 2.23. The van der Waals surface area contributed by atoms with Crippen LogP contribution in [0.25, 0.3) is 0 Å². The second-order valence-electron chi connectivity index (χ2n) is 4.37. The third kappa shape index (κ3) is 2.59. The normalized spacial score (nSPS) is 23.8. The number of benzene rings is 1. The molecule has 1 saturated carbocycles. The van der Waals surface area contributed by atoms with Crippen LogP contribution in [-0.2, 0) is 6.54 Å². The zero-order valence-corrected chi connectivity index (χ0v) is 9.15. The van der Waals surface area contributed by atoms with Crippen LogP contribution in [0.4, 0.5) is 0 Å². The van der Waals surface area contributed by atoms with Crippen LogP contribution in [0.5, 0.6) is 0 Å². The molecule has 16 heavy (non-hydrogen) atoms. The van der Waals surface area contributed by atoms with Gasteiger partial charge in [0.2, 0.25) is 5.91 Å². The summed E-state index contributed by atoms with van der Waals surface area (Å²) in [6.07, 6.45) is 2.07. The van der Waals surface area contributed by atoms with Crippen LogP contribution in [0.3, 0.4) is 0 Å². The van der Waals surface area contributed by atoms with Crippen LogP contribution in [0.15, 0.2) is 24.3 Å². The first kappa shape index (κ1) is 11.1. The molecule has 0 bridgehead atoms.